The Morgan fingerprint density at radius 3 is 2.90 bits per heavy atom. The molecule has 1 heterocycles. The van der Waals surface area contributed by atoms with Crippen molar-refractivity contribution in [2.24, 2.45) is 0 Å². The van der Waals surface area contributed by atoms with Crippen LogP contribution in [-0.4, -0.2) is 11.7 Å². The minimum Gasteiger partial charge on any atom is -0.496 e. The number of hydrogen-bond donors (Lipinski definition) is 0. The fourth-order valence-electron chi connectivity index (χ4n) is 2.95. The van der Waals surface area contributed by atoms with Crippen LogP contribution in [0.1, 0.15) is 28.8 Å². The van der Waals surface area contributed by atoms with Gasteiger partial charge in [0.15, 0.2) is 0 Å². The van der Waals surface area contributed by atoms with Crippen LogP contribution in [0.25, 0.3) is 0 Å². The predicted molar refractivity (Wildman–Crippen MR) is 79.5 cm³/mol. The Kier molecular flexibility index (Phi) is 3.49. The van der Waals surface area contributed by atoms with Gasteiger partial charge in [0.05, 0.1) is 25.3 Å². The summed E-state index contributed by atoms with van der Waals surface area (Å²) < 4.78 is 7.16. The molecule has 1 aromatic carbocycles. The average molecular weight is 280 g/mol. The number of aryl methyl sites for hydroxylation is 1. The molecule has 0 amide bonds. The fourth-order valence-corrected chi connectivity index (χ4v) is 2.95. The number of methoxy groups -OCH3 is 1. The van der Waals surface area contributed by atoms with Crippen LogP contribution in [0.4, 0.5) is 0 Å². The summed E-state index contributed by atoms with van der Waals surface area (Å²) in [5.41, 5.74) is 3.81. The van der Waals surface area contributed by atoms with Gasteiger partial charge in [0.25, 0.3) is 5.56 Å². The third kappa shape index (κ3) is 2.43. The monoisotopic (exact) mass is 280 g/mol. The van der Waals surface area contributed by atoms with Gasteiger partial charge in [-0.15, -0.1) is 0 Å². The minimum absolute atomic E-state index is 0.0000591. The molecule has 0 bridgehead atoms. The van der Waals surface area contributed by atoms with Gasteiger partial charge in [-0.3, -0.25) is 4.79 Å². The van der Waals surface area contributed by atoms with E-state index in [1.807, 2.05) is 6.07 Å². The molecule has 1 aliphatic carbocycles. The summed E-state index contributed by atoms with van der Waals surface area (Å²) in [6, 6.07) is 11.0. The highest BCUT2D eigenvalue weighted by atomic mass is 16.5. The average Bonchev–Trinajstić information content (AvgIpc) is 2.98. The second kappa shape index (κ2) is 5.45. The van der Waals surface area contributed by atoms with E-state index in [0.29, 0.717) is 17.9 Å². The Bertz CT molecular complexity index is 784. The zero-order chi connectivity index (χ0) is 14.8. The number of fused-ring (bicyclic) bond motifs is 1. The lowest BCUT2D eigenvalue weighted by Crippen LogP contribution is -2.23. The highest BCUT2D eigenvalue weighted by molar-refractivity contribution is 5.42. The second-order valence-electron chi connectivity index (χ2n) is 5.22. The number of nitrogens with zero attached hydrogens (tertiary/aromatic N) is 2. The van der Waals surface area contributed by atoms with Crippen molar-refractivity contribution >= 4 is 0 Å². The molecule has 0 atom stereocenters. The summed E-state index contributed by atoms with van der Waals surface area (Å²) in [4.78, 5) is 12.2. The first-order chi connectivity index (χ1) is 10.2. The Balaban J connectivity index is 2.08. The van der Waals surface area contributed by atoms with Gasteiger partial charge < -0.3 is 9.30 Å². The SMILES string of the molecule is COc1ccc(C#N)cc1Cn1c2c(ccc1=O)CCC2. The lowest BCUT2D eigenvalue weighted by molar-refractivity contribution is 0.408. The van der Waals surface area contributed by atoms with Gasteiger partial charge in [-0.05, 0) is 43.0 Å². The van der Waals surface area contributed by atoms with Crippen molar-refractivity contribution in [2.45, 2.75) is 25.8 Å². The van der Waals surface area contributed by atoms with E-state index in [0.717, 1.165) is 30.5 Å². The molecular formula is C17H16N2O2. The fraction of sp³-hybridized carbons (Fsp3) is 0.294. The summed E-state index contributed by atoms with van der Waals surface area (Å²) in [5, 5.41) is 9.04. The topological polar surface area (TPSA) is 55.0 Å². The number of nitriles is 1. The van der Waals surface area contributed by atoms with Crippen molar-refractivity contribution in [3.63, 3.8) is 0 Å². The van der Waals surface area contributed by atoms with Crippen LogP contribution in [0.3, 0.4) is 0 Å². The minimum atomic E-state index is 0.0000591. The van der Waals surface area contributed by atoms with Gasteiger partial charge in [0, 0.05) is 17.3 Å². The second-order valence-corrected chi connectivity index (χ2v) is 5.22. The normalized spacial score (nSPS) is 12.8. The Morgan fingerprint density at radius 2 is 2.14 bits per heavy atom. The van der Waals surface area contributed by atoms with Crippen LogP contribution >= 0.6 is 0 Å². The molecule has 0 spiro atoms. The molecule has 2 aromatic rings. The van der Waals surface area contributed by atoms with E-state index in [4.69, 9.17) is 10.00 Å². The molecule has 0 unspecified atom stereocenters. The van der Waals surface area contributed by atoms with Crippen LogP contribution in [0.15, 0.2) is 35.1 Å². The Labute approximate surface area is 123 Å². The number of benzene rings is 1. The summed E-state index contributed by atoms with van der Waals surface area (Å²) >= 11 is 0. The first-order valence-corrected chi connectivity index (χ1v) is 7.01. The summed E-state index contributed by atoms with van der Waals surface area (Å²) in [6.07, 6.45) is 3.06. The maximum Gasteiger partial charge on any atom is 0.251 e. The molecule has 4 nitrogen and oxygen atoms in total. The van der Waals surface area contributed by atoms with E-state index < -0.39 is 0 Å². The summed E-state index contributed by atoms with van der Waals surface area (Å²) in [6.45, 7) is 0.445. The van der Waals surface area contributed by atoms with Crippen molar-refractivity contribution in [3.05, 3.63) is 63.1 Å². The molecule has 0 saturated carbocycles. The van der Waals surface area contributed by atoms with Gasteiger partial charge in [0.1, 0.15) is 5.75 Å². The van der Waals surface area contributed by atoms with Crippen molar-refractivity contribution in [2.75, 3.05) is 7.11 Å². The van der Waals surface area contributed by atoms with Crippen LogP contribution in [0, 0.1) is 11.3 Å². The van der Waals surface area contributed by atoms with Gasteiger partial charge in [-0.2, -0.15) is 5.26 Å². The number of aromatic nitrogens is 1. The summed E-state index contributed by atoms with van der Waals surface area (Å²) in [7, 11) is 1.60. The third-order valence-corrected chi connectivity index (χ3v) is 3.99. The molecule has 0 aliphatic heterocycles. The highest BCUT2D eigenvalue weighted by Gasteiger charge is 2.17. The van der Waals surface area contributed by atoms with Gasteiger partial charge in [-0.25, -0.2) is 0 Å². The van der Waals surface area contributed by atoms with E-state index in [2.05, 4.69) is 6.07 Å². The van der Waals surface area contributed by atoms with Crippen molar-refractivity contribution in [3.8, 4) is 11.8 Å². The number of hydrogen-bond acceptors (Lipinski definition) is 3. The standard InChI is InChI=1S/C17H16N2O2/c1-21-16-7-5-12(10-18)9-14(16)11-19-15-4-2-3-13(15)6-8-17(19)20/h5-9H,2-4,11H2,1H3. The molecule has 3 rings (SSSR count). The Morgan fingerprint density at radius 1 is 1.29 bits per heavy atom. The maximum absolute atomic E-state index is 12.2. The zero-order valence-electron chi connectivity index (χ0n) is 11.9. The third-order valence-electron chi connectivity index (χ3n) is 3.99. The van der Waals surface area contributed by atoms with Crippen LogP contribution in [-0.2, 0) is 19.4 Å². The molecular weight excluding hydrogens is 264 g/mol. The van der Waals surface area contributed by atoms with E-state index in [1.165, 1.54) is 5.56 Å². The largest absolute Gasteiger partial charge is 0.496 e. The first-order valence-electron chi connectivity index (χ1n) is 7.01. The van der Waals surface area contributed by atoms with E-state index in [-0.39, 0.29) is 5.56 Å². The maximum atomic E-state index is 12.2. The number of ether oxygens (including phenoxy) is 1. The molecule has 0 fully saturated rings. The highest BCUT2D eigenvalue weighted by Crippen LogP contribution is 2.24. The number of pyridine rings is 1. The van der Waals surface area contributed by atoms with Crippen LogP contribution in [0.2, 0.25) is 0 Å². The van der Waals surface area contributed by atoms with E-state index in [1.54, 1.807) is 35.9 Å². The molecule has 1 aromatic heterocycles. The molecule has 4 heteroatoms. The molecule has 0 N–H and O–H groups in total. The molecule has 21 heavy (non-hydrogen) atoms. The molecule has 1 aliphatic rings. The van der Waals surface area contributed by atoms with Gasteiger partial charge in [0.2, 0.25) is 0 Å². The van der Waals surface area contributed by atoms with Crippen LogP contribution in [0.5, 0.6) is 5.75 Å². The van der Waals surface area contributed by atoms with Crippen molar-refractivity contribution in [1.29, 1.82) is 5.26 Å². The quantitative estimate of drug-likeness (QED) is 0.866. The lowest BCUT2D eigenvalue weighted by atomic mass is 10.1. The number of rotatable bonds is 3. The van der Waals surface area contributed by atoms with E-state index in [9.17, 15) is 4.79 Å². The van der Waals surface area contributed by atoms with E-state index >= 15 is 0 Å². The summed E-state index contributed by atoms with van der Waals surface area (Å²) in [5.74, 6) is 0.705. The van der Waals surface area contributed by atoms with Crippen molar-refractivity contribution < 1.29 is 4.74 Å². The molecule has 0 radical (unpaired) electrons. The first kappa shape index (κ1) is 13.4. The van der Waals surface area contributed by atoms with Crippen molar-refractivity contribution in [1.82, 2.24) is 4.57 Å². The lowest BCUT2D eigenvalue weighted by Gasteiger charge is -2.14. The zero-order valence-corrected chi connectivity index (χ0v) is 11.9. The molecule has 0 saturated heterocycles. The predicted octanol–water partition coefficient (Wildman–Crippen LogP) is 2.27. The molecule has 106 valence electrons. The van der Waals surface area contributed by atoms with Gasteiger partial charge in [-0.1, -0.05) is 6.07 Å². The smallest absolute Gasteiger partial charge is 0.251 e. The Hall–Kier alpha value is -2.54. The van der Waals surface area contributed by atoms with Gasteiger partial charge >= 0.3 is 0 Å². The van der Waals surface area contributed by atoms with Crippen LogP contribution < -0.4 is 10.3 Å².